The van der Waals surface area contributed by atoms with Gasteiger partial charge in [-0.1, -0.05) is 0 Å². The largest absolute Gasteiger partial charge is 0.386 e. The molecule has 1 N–H and O–H groups in total. The molecule has 0 radical (unpaired) electrons. The van der Waals surface area contributed by atoms with E-state index in [1.807, 2.05) is 52.4 Å². The van der Waals surface area contributed by atoms with Gasteiger partial charge in [0, 0.05) is 41.4 Å². The van der Waals surface area contributed by atoms with E-state index in [-0.39, 0.29) is 0 Å². The summed E-state index contributed by atoms with van der Waals surface area (Å²) in [6.07, 6.45) is 1.81. The van der Waals surface area contributed by atoms with Gasteiger partial charge in [-0.05, 0) is 6.07 Å². The van der Waals surface area contributed by atoms with Gasteiger partial charge in [0.2, 0.25) is 0 Å². The molecular weight excluding hydrogens is 176 g/mol. The molecule has 1 rings (SSSR count). The number of anilines is 3. The second-order valence-electron chi connectivity index (χ2n) is 3.57. The molecule has 0 spiro atoms. The van der Waals surface area contributed by atoms with Gasteiger partial charge < -0.3 is 15.1 Å². The van der Waals surface area contributed by atoms with Crippen molar-refractivity contribution in [3.63, 3.8) is 0 Å². The summed E-state index contributed by atoms with van der Waals surface area (Å²) in [4.78, 5) is 8.43. The smallest absolute Gasteiger partial charge is 0.153 e. The topological polar surface area (TPSA) is 31.4 Å². The Hall–Kier alpha value is -1.45. The van der Waals surface area contributed by atoms with Crippen LogP contribution in [0.5, 0.6) is 0 Å². The molecule has 4 heteroatoms. The predicted molar refractivity (Wildman–Crippen MR) is 62.4 cm³/mol. The quantitative estimate of drug-likeness (QED) is 0.785. The van der Waals surface area contributed by atoms with Crippen LogP contribution >= 0.6 is 0 Å². The lowest BCUT2D eigenvalue weighted by atomic mass is 10.3. The van der Waals surface area contributed by atoms with Crippen LogP contribution in [0.3, 0.4) is 0 Å². The Balaban J connectivity index is 3.28. The lowest BCUT2D eigenvalue weighted by Crippen LogP contribution is -2.19. The van der Waals surface area contributed by atoms with Gasteiger partial charge in [0.25, 0.3) is 0 Å². The third-order valence-electron chi connectivity index (χ3n) is 2.05. The van der Waals surface area contributed by atoms with E-state index in [0.29, 0.717) is 0 Å². The average Bonchev–Trinajstić information content (AvgIpc) is 2.16. The van der Waals surface area contributed by atoms with Crippen molar-refractivity contribution in [2.75, 3.05) is 50.4 Å². The fourth-order valence-electron chi connectivity index (χ4n) is 1.41. The minimum atomic E-state index is 0.974. The third-order valence-corrected chi connectivity index (χ3v) is 2.05. The lowest BCUT2D eigenvalue weighted by Gasteiger charge is -2.23. The van der Waals surface area contributed by atoms with E-state index in [2.05, 4.69) is 15.2 Å². The highest BCUT2D eigenvalue weighted by atomic mass is 15.2. The van der Waals surface area contributed by atoms with Crippen molar-refractivity contribution in [2.45, 2.75) is 0 Å². The zero-order chi connectivity index (χ0) is 10.7. The van der Waals surface area contributed by atoms with E-state index in [1.165, 1.54) is 0 Å². The summed E-state index contributed by atoms with van der Waals surface area (Å²) in [5, 5.41) is 3.16. The standard InChI is InChI=1S/C10H18N4/c1-11-8-6-7-12-10(14(4)5)9(8)13(2)3/h6-7H,1-5H3,(H,11,12). The van der Waals surface area contributed by atoms with Crippen molar-refractivity contribution < 1.29 is 0 Å². The molecular formula is C10H18N4. The molecule has 78 valence electrons. The van der Waals surface area contributed by atoms with Crippen LogP contribution in [0.2, 0.25) is 0 Å². The van der Waals surface area contributed by atoms with E-state index in [1.54, 1.807) is 0 Å². The van der Waals surface area contributed by atoms with E-state index >= 15 is 0 Å². The fourth-order valence-corrected chi connectivity index (χ4v) is 1.41. The van der Waals surface area contributed by atoms with Gasteiger partial charge >= 0.3 is 0 Å². The van der Waals surface area contributed by atoms with Gasteiger partial charge in [-0.3, -0.25) is 0 Å². The number of rotatable bonds is 3. The summed E-state index contributed by atoms with van der Waals surface area (Å²) in [5.74, 6) is 0.974. The molecule has 0 saturated heterocycles. The number of nitrogens with zero attached hydrogens (tertiary/aromatic N) is 3. The summed E-state index contributed by atoms with van der Waals surface area (Å²) in [6.45, 7) is 0. The number of pyridine rings is 1. The Morgan fingerprint density at radius 2 is 1.79 bits per heavy atom. The first kappa shape index (κ1) is 10.6. The Kier molecular flexibility index (Phi) is 3.17. The van der Waals surface area contributed by atoms with Crippen molar-refractivity contribution >= 4 is 17.2 Å². The molecule has 0 amide bonds. The molecule has 14 heavy (non-hydrogen) atoms. The molecule has 1 aromatic rings. The summed E-state index contributed by atoms with van der Waals surface area (Å²) in [6, 6.07) is 1.97. The van der Waals surface area contributed by atoms with Crippen molar-refractivity contribution in [3.05, 3.63) is 12.3 Å². The normalized spacial score (nSPS) is 9.79. The molecule has 0 aliphatic heterocycles. The molecule has 0 unspecified atom stereocenters. The Bertz CT molecular complexity index is 307. The van der Waals surface area contributed by atoms with Crippen LogP contribution in [0.25, 0.3) is 0 Å². The maximum atomic E-state index is 4.35. The molecule has 0 aliphatic carbocycles. The summed E-state index contributed by atoms with van der Waals surface area (Å²) < 4.78 is 0. The summed E-state index contributed by atoms with van der Waals surface area (Å²) in [5.41, 5.74) is 2.20. The van der Waals surface area contributed by atoms with E-state index in [9.17, 15) is 0 Å². The van der Waals surface area contributed by atoms with Crippen LogP contribution in [-0.2, 0) is 0 Å². The van der Waals surface area contributed by atoms with Crippen LogP contribution in [-0.4, -0.2) is 40.2 Å². The zero-order valence-electron chi connectivity index (χ0n) is 9.50. The van der Waals surface area contributed by atoms with Crippen LogP contribution in [0.4, 0.5) is 17.2 Å². The van der Waals surface area contributed by atoms with Crippen LogP contribution in [0.1, 0.15) is 0 Å². The number of hydrogen-bond donors (Lipinski definition) is 1. The van der Waals surface area contributed by atoms with Gasteiger partial charge in [0.15, 0.2) is 5.82 Å². The van der Waals surface area contributed by atoms with Crippen LogP contribution in [0, 0.1) is 0 Å². The van der Waals surface area contributed by atoms with Gasteiger partial charge in [-0.2, -0.15) is 0 Å². The van der Waals surface area contributed by atoms with Gasteiger partial charge in [0.1, 0.15) is 5.69 Å². The first-order valence-electron chi connectivity index (χ1n) is 4.59. The van der Waals surface area contributed by atoms with Crippen molar-refractivity contribution in [2.24, 2.45) is 0 Å². The molecule has 1 aromatic heterocycles. The van der Waals surface area contributed by atoms with Gasteiger partial charge in [0.05, 0.1) is 5.69 Å². The van der Waals surface area contributed by atoms with E-state index in [0.717, 1.165) is 17.2 Å². The SMILES string of the molecule is CNc1ccnc(N(C)C)c1N(C)C. The molecule has 0 saturated carbocycles. The second-order valence-corrected chi connectivity index (χ2v) is 3.57. The van der Waals surface area contributed by atoms with Crippen LogP contribution < -0.4 is 15.1 Å². The molecule has 0 bridgehead atoms. The highest BCUT2D eigenvalue weighted by molar-refractivity contribution is 5.80. The second kappa shape index (κ2) is 4.17. The highest BCUT2D eigenvalue weighted by Gasteiger charge is 2.11. The average molecular weight is 194 g/mol. The third kappa shape index (κ3) is 1.89. The van der Waals surface area contributed by atoms with Crippen molar-refractivity contribution in [3.8, 4) is 0 Å². The lowest BCUT2D eigenvalue weighted by molar-refractivity contribution is 1.03. The van der Waals surface area contributed by atoms with Gasteiger partial charge in [-0.25, -0.2) is 4.98 Å². The zero-order valence-corrected chi connectivity index (χ0v) is 9.50. The molecule has 4 nitrogen and oxygen atoms in total. The van der Waals surface area contributed by atoms with Crippen LogP contribution in [0.15, 0.2) is 12.3 Å². The number of nitrogens with one attached hydrogen (secondary N) is 1. The molecule has 0 atom stereocenters. The van der Waals surface area contributed by atoms with Gasteiger partial charge in [-0.15, -0.1) is 0 Å². The highest BCUT2D eigenvalue weighted by Crippen LogP contribution is 2.31. The summed E-state index contributed by atoms with van der Waals surface area (Å²) >= 11 is 0. The number of aromatic nitrogens is 1. The Morgan fingerprint density at radius 1 is 1.14 bits per heavy atom. The maximum Gasteiger partial charge on any atom is 0.153 e. The Labute approximate surface area is 85.5 Å². The Morgan fingerprint density at radius 3 is 2.21 bits per heavy atom. The molecule has 0 aromatic carbocycles. The fraction of sp³-hybridized carbons (Fsp3) is 0.500. The van der Waals surface area contributed by atoms with E-state index < -0.39 is 0 Å². The predicted octanol–water partition coefficient (Wildman–Crippen LogP) is 1.26. The first-order chi connectivity index (χ1) is 6.57. The number of hydrogen-bond acceptors (Lipinski definition) is 4. The summed E-state index contributed by atoms with van der Waals surface area (Å²) in [7, 11) is 9.95. The monoisotopic (exact) mass is 194 g/mol. The molecule has 0 fully saturated rings. The molecule has 1 heterocycles. The van der Waals surface area contributed by atoms with Crippen molar-refractivity contribution in [1.82, 2.24) is 4.98 Å². The maximum absolute atomic E-state index is 4.35. The minimum Gasteiger partial charge on any atom is -0.386 e. The molecule has 0 aliphatic rings. The first-order valence-corrected chi connectivity index (χ1v) is 4.59. The minimum absolute atomic E-state index is 0.974. The van der Waals surface area contributed by atoms with Crippen molar-refractivity contribution in [1.29, 1.82) is 0 Å². The van der Waals surface area contributed by atoms with E-state index in [4.69, 9.17) is 0 Å².